The van der Waals surface area contributed by atoms with Crippen molar-refractivity contribution in [3.05, 3.63) is 40.6 Å². The van der Waals surface area contributed by atoms with E-state index in [0.29, 0.717) is 5.56 Å². The Bertz CT molecular complexity index is 620. The Kier molecular flexibility index (Phi) is 3.77. The van der Waals surface area contributed by atoms with Crippen LogP contribution in [-0.2, 0) is 0 Å². The highest BCUT2D eigenvalue weighted by molar-refractivity contribution is 6.32. The monoisotopic (exact) mass is 285 g/mol. The number of anilines is 3. The number of nitrogens with zero attached hydrogens (tertiary/aromatic N) is 2. The zero-order chi connectivity index (χ0) is 14.0. The second-order valence-electron chi connectivity index (χ2n) is 3.71. The minimum atomic E-state index is -0.750. The summed E-state index contributed by atoms with van der Waals surface area (Å²) < 4.78 is 27.4. The summed E-state index contributed by atoms with van der Waals surface area (Å²) in [4.78, 5) is 7.63. The van der Waals surface area contributed by atoms with E-state index in [-0.39, 0.29) is 22.5 Å². The van der Waals surface area contributed by atoms with E-state index in [9.17, 15) is 8.78 Å². The molecule has 0 fully saturated rings. The molecule has 1 heterocycles. The summed E-state index contributed by atoms with van der Waals surface area (Å²) in [5.74, 6) is 3.81. The Morgan fingerprint density at radius 3 is 2.74 bits per heavy atom. The number of aryl methyl sites for hydroxylation is 1. The largest absolute Gasteiger partial charge is 0.334 e. The number of nitrogens with two attached hydrogens (primary N) is 1. The summed E-state index contributed by atoms with van der Waals surface area (Å²) in [5.41, 5.74) is 2.18. The Balaban J connectivity index is 2.44. The van der Waals surface area contributed by atoms with E-state index in [2.05, 4.69) is 20.7 Å². The van der Waals surface area contributed by atoms with Gasteiger partial charge in [0.2, 0.25) is 5.95 Å². The minimum Gasteiger partial charge on any atom is -0.334 e. The van der Waals surface area contributed by atoms with Crippen molar-refractivity contribution in [2.24, 2.45) is 5.84 Å². The van der Waals surface area contributed by atoms with Crippen LogP contribution < -0.4 is 16.6 Å². The maximum Gasteiger partial charge on any atom is 0.239 e. The zero-order valence-corrected chi connectivity index (χ0v) is 10.6. The van der Waals surface area contributed by atoms with Gasteiger partial charge in [0.25, 0.3) is 0 Å². The molecule has 0 aliphatic rings. The molecule has 0 atom stereocenters. The van der Waals surface area contributed by atoms with Crippen molar-refractivity contribution < 1.29 is 8.78 Å². The maximum absolute atomic E-state index is 13.8. The standard InChI is InChI=1S/C11H10ClF2N5/c1-5-2-3-7(13)9(8(5)14)17-10-6(12)4-16-11(18-10)19-15/h2-4H,15H2,1H3,(H2,16,17,18,19). The van der Waals surface area contributed by atoms with Crippen molar-refractivity contribution in [2.75, 3.05) is 10.7 Å². The van der Waals surface area contributed by atoms with Gasteiger partial charge in [-0.25, -0.2) is 19.6 Å². The zero-order valence-electron chi connectivity index (χ0n) is 9.84. The SMILES string of the molecule is Cc1ccc(F)c(Nc2nc(NN)ncc2Cl)c1F. The molecule has 0 amide bonds. The summed E-state index contributed by atoms with van der Waals surface area (Å²) in [6.07, 6.45) is 1.26. The number of rotatable bonds is 3. The van der Waals surface area contributed by atoms with Gasteiger partial charge in [-0.3, -0.25) is 5.43 Å². The summed E-state index contributed by atoms with van der Waals surface area (Å²) >= 11 is 5.85. The average molecular weight is 286 g/mol. The predicted molar refractivity (Wildman–Crippen MR) is 69.2 cm³/mol. The van der Waals surface area contributed by atoms with Gasteiger partial charge in [-0.2, -0.15) is 4.98 Å². The number of hydrazine groups is 1. The van der Waals surface area contributed by atoms with Gasteiger partial charge >= 0.3 is 0 Å². The number of halogens is 3. The second kappa shape index (κ2) is 5.33. The van der Waals surface area contributed by atoms with Gasteiger partial charge in [0, 0.05) is 0 Å². The number of hydrogen-bond acceptors (Lipinski definition) is 5. The molecule has 19 heavy (non-hydrogen) atoms. The average Bonchev–Trinajstić information content (AvgIpc) is 2.41. The molecule has 8 heteroatoms. The Morgan fingerprint density at radius 2 is 2.05 bits per heavy atom. The van der Waals surface area contributed by atoms with E-state index in [1.807, 2.05) is 0 Å². The van der Waals surface area contributed by atoms with Crippen molar-refractivity contribution in [3.8, 4) is 0 Å². The first-order chi connectivity index (χ1) is 9.02. The van der Waals surface area contributed by atoms with Crippen molar-refractivity contribution in [1.29, 1.82) is 0 Å². The number of aromatic nitrogens is 2. The van der Waals surface area contributed by atoms with Crippen LogP contribution >= 0.6 is 11.6 Å². The molecule has 0 unspecified atom stereocenters. The number of nitrogens with one attached hydrogen (secondary N) is 2. The predicted octanol–water partition coefficient (Wildman–Crippen LogP) is 2.75. The van der Waals surface area contributed by atoms with Crippen LogP contribution in [0.25, 0.3) is 0 Å². The molecule has 5 nitrogen and oxygen atoms in total. The van der Waals surface area contributed by atoms with Gasteiger partial charge in [-0.15, -0.1) is 0 Å². The van der Waals surface area contributed by atoms with E-state index in [0.717, 1.165) is 6.07 Å². The lowest BCUT2D eigenvalue weighted by Crippen LogP contribution is -2.11. The first-order valence-electron chi connectivity index (χ1n) is 5.23. The van der Waals surface area contributed by atoms with Gasteiger partial charge in [-0.1, -0.05) is 17.7 Å². The molecule has 0 aliphatic carbocycles. The van der Waals surface area contributed by atoms with Crippen LogP contribution in [0.2, 0.25) is 5.02 Å². The number of hydrogen-bond donors (Lipinski definition) is 3. The first-order valence-corrected chi connectivity index (χ1v) is 5.61. The third kappa shape index (κ3) is 2.72. The lowest BCUT2D eigenvalue weighted by Gasteiger charge is -2.11. The highest BCUT2D eigenvalue weighted by Crippen LogP contribution is 2.28. The van der Waals surface area contributed by atoms with Crippen LogP contribution in [0.1, 0.15) is 5.56 Å². The van der Waals surface area contributed by atoms with E-state index in [4.69, 9.17) is 17.4 Å². The molecular weight excluding hydrogens is 276 g/mol. The number of benzene rings is 1. The second-order valence-corrected chi connectivity index (χ2v) is 4.12. The molecule has 0 saturated heterocycles. The molecule has 2 aromatic rings. The van der Waals surface area contributed by atoms with Crippen LogP contribution in [0.3, 0.4) is 0 Å². The molecule has 2 rings (SSSR count). The van der Waals surface area contributed by atoms with E-state index in [1.54, 1.807) is 0 Å². The van der Waals surface area contributed by atoms with Crippen molar-refractivity contribution in [2.45, 2.75) is 6.92 Å². The number of nitrogen functional groups attached to an aromatic ring is 1. The first kappa shape index (κ1) is 13.4. The Morgan fingerprint density at radius 1 is 1.32 bits per heavy atom. The topological polar surface area (TPSA) is 75.9 Å². The van der Waals surface area contributed by atoms with E-state index < -0.39 is 11.6 Å². The minimum absolute atomic E-state index is 0.0491. The Labute approximate surface area is 112 Å². The van der Waals surface area contributed by atoms with Gasteiger partial charge in [0.1, 0.15) is 16.5 Å². The third-order valence-electron chi connectivity index (χ3n) is 2.40. The molecule has 0 saturated carbocycles. The van der Waals surface area contributed by atoms with Crippen molar-refractivity contribution in [1.82, 2.24) is 9.97 Å². The van der Waals surface area contributed by atoms with Crippen LogP contribution in [0, 0.1) is 18.6 Å². The lowest BCUT2D eigenvalue weighted by atomic mass is 10.2. The molecule has 4 N–H and O–H groups in total. The third-order valence-corrected chi connectivity index (χ3v) is 2.68. The van der Waals surface area contributed by atoms with Gasteiger partial charge in [0.05, 0.1) is 6.20 Å². The quantitative estimate of drug-likeness (QED) is 0.597. The maximum atomic E-state index is 13.8. The van der Waals surface area contributed by atoms with Crippen molar-refractivity contribution in [3.63, 3.8) is 0 Å². The van der Waals surface area contributed by atoms with E-state index >= 15 is 0 Å². The lowest BCUT2D eigenvalue weighted by molar-refractivity contribution is 0.584. The highest BCUT2D eigenvalue weighted by atomic mass is 35.5. The fraction of sp³-hybridized carbons (Fsp3) is 0.0909. The summed E-state index contributed by atoms with van der Waals surface area (Å²) in [7, 11) is 0. The molecule has 100 valence electrons. The normalized spacial score (nSPS) is 10.4. The Hall–Kier alpha value is -1.99. The van der Waals surface area contributed by atoms with Gasteiger partial charge < -0.3 is 5.32 Å². The van der Waals surface area contributed by atoms with Gasteiger partial charge in [0.15, 0.2) is 11.6 Å². The molecule has 0 spiro atoms. The molecule has 1 aromatic carbocycles. The molecular formula is C11H10ClF2N5. The molecule has 0 aliphatic heterocycles. The van der Waals surface area contributed by atoms with Crippen LogP contribution in [0.4, 0.5) is 26.2 Å². The summed E-state index contributed by atoms with van der Waals surface area (Å²) in [5, 5.41) is 2.61. The molecule has 0 bridgehead atoms. The summed E-state index contributed by atoms with van der Waals surface area (Å²) in [6.45, 7) is 1.52. The smallest absolute Gasteiger partial charge is 0.239 e. The molecule has 1 aromatic heterocycles. The summed E-state index contributed by atoms with van der Waals surface area (Å²) in [6, 6.07) is 2.49. The fourth-order valence-electron chi connectivity index (χ4n) is 1.41. The highest BCUT2D eigenvalue weighted by Gasteiger charge is 2.14. The van der Waals surface area contributed by atoms with E-state index in [1.165, 1.54) is 19.2 Å². The van der Waals surface area contributed by atoms with Gasteiger partial charge in [-0.05, 0) is 18.6 Å². The fourth-order valence-corrected chi connectivity index (χ4v) is 1.55. The van der Waals surface area contributed by atoms with Crippen LogP contribution in [-0.4, -0.2) is 9.97 Å². The van der Waals surface area contributed by atoms with Crippen LogP contribution in [0.5, 0.6) is 0 Å². The molecule has 0 radical (unpaired) electrons. The van der Waals surface area contributed by atoms with Crippen LogP contribution in [0.15, 0.2) is 18.3 Å². The van der Waals surface area contributed by atoms with Crippen molar-refractivity contribution >= 4 is 29.1 Å².